The Morgan fingerprint density at radius 1 is 1.55 bits per heavy atom. The lowest BCUT2D eigenvalue weighted by atomic mass is 9.79. The summed E-state index contributed by atoms with van der Waals surface area (Å²) in [6.07, 6.45) is 3.44. The molecule has 7 nitrogen and oxygen atoms in total. The highest BCUT2D eigenvalue weighted by atomic mass is 16.6. The van der Waals surface area contributed by atoms with Gasteiger partial charge in [-0.2, -0.15) is 0 Å². The minimum absolute atomic E-state index is 0.183. The van der Waals surface area contributed by atoms with Crippen molar-refractivity contribution in [1.29, 1.82) is 0 Å². The SMILES string of the molecule is Cc1nc([N+](=O)[O-])c(NCC2(O)CCC(C)CC2)n1C. The van der Waals surface area contributed by atoms with E-state index in [4.69, 9.17) is 0 Å². The van der Waals surface area contributed by atoms with Gasteiger partial charge in [0.1, 0.15) is 0 Å². The van der Waals surface area contributed by atoms with Crippen LogP contribution in [0.1, 0.15) is 38.4 Å². The lowest BCUT2D eigenvalue weighted by molar-refractivity contribution is -0.388. The molecule has 1 fully saturated rings. The van der Waals surface area contributed by atoms with Crippen LogP contribution in [-0.2, 0) is 7.05 Å². The molecular weight excluding hydrogens is 260 g/mol. The molecule has 1 aliphatic carbocycles. The first-order chi connectivity index (χ1) is 9.32. The third-order valence-corrected chi connectivity index (χ3v) is 4.26. The molecule has 0 saturated heterocycles. The minimum Gasteiger partial charge on any atom is -0.388 e. The first-order valence-corrected chi connectivity index (χ1v) is 6.96. The molecule has 2 N–H and O–H groups in total. The van der Waals surface area contributed by atoms with Gasteiger partial charge in [-0.25, -0.2) is 0 Å². The lowest BCUT2D eigenvalue weighted by Gasteiger charge is -2.35. The molecule has 1 aliphatic rings. The summed E-state index contributed by atoms with van der Waals surface area (Å²) < 4.78 is 1.65. The number of imidazole rings is 1. The Morgan fingerprint density at radius 3 is 2.70 bits per heavy atom. The van der Waals surface area contributed by atoms with Crippen LogP contribution in [0.15, 0.2) is 0 Å². The molecule has 0 atom stereocenters. The minimum atomic E-state index is -0.779. The van der Waals surface area contributed by atoms with Crippen LogP contribution in [0.3, 0.4) is 0 Å². The van der Waals surface area contributed by atoms with Crippen molar-refractivity contribution < 1.29 is 10.0 Å². The molecule has 7 heteroatoms. The van der Waals surface area contributed by atoms with E-state index in [9.17, 15) is 15.2 Å². The molecule has 0 aliphatic heterocycles. The van der Waals surface area contributed by atoms with Crippen LogP contribution in [0.5, 0.6) is 0 Å². The Balaban J connectivity index is 2.09. The highest BCUT2D eigenvalue weighted by Crippen LogP contribution is 2.33. The summed E-state index contributed by atoms with van der Waals surface area (Å²) in [6.45, 7) is 4.22. The van der Waals surface area contributed by atoms with E-state index in [0.717, 1.165) is 25.7 Å². The first-order valence-electron chi connectivity index (χ1n) is 6.96. The fraction of sp³-hybridized carbons (Fsp3) is 0.769. The van der Waals surface area contributed by atoms with Crippen LogP contribution in [0.25, 0.3) is 0 Å². The zero-order chi connectivity index (χ0) is 14.9. The normalized spacial score (nSPS) is 26.5. The molecule has 1 aromatic heterocycles. The highest BCUT2D eigenvalue weighted by molar-refractivity contribution is 5.53. The number of nitrogens with one attached hydrogen (secondary N) is 1. The number of nitrogens with zero attached hydrogens (tertiary/aromatic N) is 3. The van der Waals surface area contributed by atoms with E-state index in [2.05, 4.69) is 17.2 Å². The smallest absolute Gasteiger partial charge is 0.388 e. The van der Waals surface area contributed by atoms with Crippen molar-refractivity contribution in [3.8, 4) is 0 Å². The standard InChI is InChI=1S/C13H22N4O3/c1-9-4-6-13(18,7-5-9)8-14-11-12(17(19)20)15-10(2)16(11)3/h9,14,18H,4-8H2,1-3H3. The van der Waals surface area contributed by atoms with Crippen LogP contribution in [0, 0.1) is 23.0 Å². The molecular formula is C13H22N4O3. The molecule has 20 heavy (non-hydrogen) atoms. The van der Waals surface area contributed by atoms with Gasteiger partial charge in [0.25, 0.3) is 0 Å². The van der Waals surface area contributed by atoms with E-state index < -0.39 is 10.5 Å². The molecule has 0 unspecified atom stereocenters. The van der Waals surface area contributed by atoms with Gasteiger partial charge in [0.2, 0.25) is 11.6 Å². The van der Waals surface area contributed by atoms with Crippen molar-refractivity contribution in [2.45, 2.75) is 45.1 Å². The summed E-state index contributed by atoms with van der Waals surface area (Å²) in [7, 11) is 1.73. The lowest BCUT2D eigenvalue weighted by Crippen LogP contribution is -2.40. The number of anilines is 1. The van der Waals surface area contributed by atoms with Crippen molar-refractivity contribution in [2.75, 3.05) is 11.9 Å². The van der Waals surface area contributed by atoms with Crippen LogP contribution in [-0.4, -0.2) is 31.7 Å². The van der Waals surface area contributed by atoms with Gasteiger partial charge in [0.15, 0.2) is 0 Å². The van der Waals surface area contributed by atoms with E-state index >= 15 is 0 Å². The van der Waals surface area contributed by atoms with E-state index in [-0.39, 0.29) is 5.82 Å². The topological polar surface area (TPSA) is 93.2 Å². The zero-order valence-corrected chi connectivity index (χ0v) is 12.2. The molecule has 0 aromatic carbocycles. The summed E-state index contributed by atoms with van der Waals surface area (Å²) in [6, 6.07) is 0. The summed E-state index contributed by atoms with van der Waals surface area (Å²) in [4.78, 5) is 14.4. The number of rotatable bonds is 4. The van der Waals surface area contributed by atoms with Crippen molar-refractivity contribution >= 4 is 11.6 Å². The maximum absolute atomic E-state index is 11.0. The molecule has 112 valence electrons. The van der Waals surface area contributed by atoms with Crippen LogP contribution >= 0.6 is 0 Å². The quantitative estimate of drug-likeness (QED) is 0.650. The van der Waals surface area contributed by atoms with Gasteiger partial charge in [0.05, 0.1) is 5.60 Å². The number of nitro groups is 1. The zero-order valence-electron chi connectivity index (χ0n) is 12.2. The van der Waals surface area contributed by atoms with Gasteiger partial charge < -0.3 is 20.5 Å². The average molecular weight is 282 g/mol. The maximum Gasteiger partial charge on any atom is 0.406 e. The maximum atomic E-state index is 11.0. The number of aromatic nitrogens is 2. The van der Waals surface area contributed by atoms with Crippen molar-refractivity contribution in [3.63, 3.8) is 0 Å². The third kappa shape index (κ3) is 2.92. The molecule has 2 rings (SSSR count). The average Bonchev–Trinajstić information content (AvgIpc) is 2.68. The Hall–Kier alpha value is -1.63. The Labute approximate surface area is 118 Å². The summed E-state index contributed by atoms with van der Waals surface area (Å²) in [5, 5.41) is 24.5. The number of hydrogen-bond donors (Lipinski definition) is 2. The molecule has 1 aromatic rings. The number of hydrogen-bond acceptors (Lipinski definition) is 5. The van der Waals surface area contributed by atoms with Crippen molar-refractivity contribution in [1.82, 2.24) is 9.55 Å². The van der Waals surface area contributed by atoms with E-state index in [1.807, 2.05) is 0 Å². The number of aryl methyl sites for hydroxylation is 1. The van der Waals surface area contributed by atoms with E-state index in [1.165, 1.54) is 0 Å². The van der Waals surface area contributed by atoms with Crippen LogP contribution < -0.4 is 5.32 Å². The predicted molar refractivity (Wildman–Crippen MR) is 75.7 cm³/mol. The van der Waals surface area contributed by atoms with Gasteiger partial charge >= 0.3 is 5.82 Å². The Bertz CT molecular complexity index is 504. The molecule has 0 radical (unpaired) electrons. The van der Waals surface area contributed by atoms with Crippen molar-refractivity contribution in [2.24, 2.45) is 13.0 Å². The first kappa shape index (κ1) is 14.8. The van der Waals surface area contributed by atoms with E-state index in [0.29, 0.717) is 24.1 Å². The van der Waals surface area contributed by atoms with Gasteiger partial charge in [-0.15, -0.1) is 0 Å². The highest BCUT2D eigenvalue weighted by Gasteiger charge is 2.33. The Kier molecular flexibility index (Phi) is 3.99. The fourth-order valence-electron chi connectivity index (χ4n) is 2.64. The van der Waals surface area contributed by atoms with Crippen LogP contribution in [0.4, 0.5) is 11.6 Å². The fourth-order valence-corrected chi connectivity index (χ4v) is 2.64. The second kappa shape index (κ2) is 5.40. The summed E-state index contributed by atoms with van der Waals surface area (Å²) in [5.74, 6) is 1.39. The van der Waals surface area contributed by atoms with E-state index in [1.54, 1.807) is 18.5 Å². The van der Waals surface area contributed by atoms with Gasteiger partial charge in [-0.05, 0) is 41.5 Å². The molecule has 0 amide bonds. The largest absolute Gasteiger partial charge is 0.406 e. The Morgan fingerprint density at radius 2 is 2.15 bits per heavy atom. The van der Waals surface area contributed by atoms with Crippen LogP contribution in [0.2, 0.25) is 0 Å². The monoisotopic (exact) mass is 282 g/mol. The molecule has 0 spiro atoms. The van der Waals surface area contributed by atoms with Crippen molar-refractivity contribution in [3.05, 3.63) is 15.9 Å². The second-order valence-corrected chi connectivity index (χ2v) is 5.91. The third-order valence-electron chi connectivity index (χ3n) is 4.26. The predicted octanol–water partition coefficient (Wildman–Crippen LogP) is 1.99. The second-order valence-electron chi connectivity index (χ2n) is 5.91. The molecule has 1 saturated carbocycles. The number of aliphatic hydroxyl groups is 1. The molecule has 1 heterocycles. The summed E-state index contributed by atoms with van der Waals surface area (Å²) in [5.41, 5.74) is -0.779. The van der Waals surface area contributed by atoms with Gasteiger partial charge in [-0.3, -0.25) is 4.57 Å². The molecule has 0 bridgehead atoms. The summed E-state index contributed by atoms with van der Waals surface area (Å²) >= 11 is 0. The van der Waals surface area contributed by atoms with Gasteiger partial charge in [0, 0.05) is 20.5 Å². The van der Waals surface area contributed by atoms with Gasteiger partial charge in [-0.1, -0.05) is 6.92 Å².